The van der Waals surface area contributed by atoms with Crippen molar-refractivity contribution in [1.82, 2.24) is 15.3 Å². The van der Waals surface area contributed by atoms with E-state index in [0.29, 0.717) is 29.6 Å². The van der Waals surface area contributed by atoms with Crippen LogP contribution in [0.2, 0.25) is 5.02 Å². The minimum atomic E-state index is -0.235. The van der Waals surface area contributed by atoms with E-state index in [2.05, 4.69) is 45.7 Å². The van der Waals surface area contributed by atoms with Gasteiger partial charge in [0, 0.05) is 18.1 Å². The molecule has 0 bridgehead atoms. The minimum Gasteiger partial charge on any atom is -0.365 e. The first-order valence-electron chi connectivity index (χ1n) is 8.74. The molecular formula is C21H21ClN4O. The number of benzene rings is 2. The Labute approximate surface area is 163 Å². The van der Waals surface area contributed by atoms with Crippen LogP contribution in [0.5, 0.6) is 0 Å². The highest BCUT2D eigenvalue weighted by Crippen LogP contribution is 2.10. The lowest BCUT2D eigenvalue weighted by atomic mass is 10.1. The SMILES string of the molecule is Cc1cccc(CNc2cnc(C(=O)NCCc3ccc(Cl)cc3)cn2)c1. The van der Waals surface area contributed by atoms with Crippen LogP contribution in [0, 0.1) is 6.92 Å². The largest absolute Gasteiger partial charge is 0.365 e. The predicted octanol–water partition coefficient (Wildman–Crippen LogP) is 4.02. The van der Waals surface area contributed by atoms with Crippen molar-refractivity contribution in [1.29, 1.82) is 0 Å². The molecule has 0 spiro atoms. The summed E-state index contributed by atoms with van der Waals surface area (Å²) in [7, 11) is 0. The fourth-order valence-electron chi connectivity index (χ4n) is 2.61. The van der Waals surface area contributed by atoms with E-state index in [4.69, 9.17) is 11.6 Å². The average molecular weight is 381 g/mol. The van der Waals surface area contributed by atoms with E-state index < -0.39 is 0 Å². The standard InChI is InChI=1S/C21H21ClN4O/c1-15-3-2-4-17(11-15)12-25-20-14-24-19(13-26-20)21(27)23-10-9-16-5-7-18(22)8-6-16/h2-8,11,13-14H,9-10,12H2,1H3,(H,23,27)(H,25,26). The first-order valence-corrected chi connectivity index (χ1v) is 9.12. The van der Waals surface area contributed by atoms with Gasteiger partial charge in [-0.05, 0) is 36.6 Å². The Morgan fingerprint density at radius 1 is 1.04 bits per heavy atom. The van der Waals surface area contributed by atoms with E-state index in [-0.39, 0.29) is 5.91 Å². The molecule has 0 saturated carbocycles. The van der Waals surface area contributed by atoms with Crippen LogP contribution in [0.1, 0.15) is 27.2 Å². The molecule has 2 N–H and O–H groups in total. The number of nitrogens with one attached hydrogen (secondary N) is 2. The lowest BCUT2D eigenvalue weighted by molar-refractivity contribution is 0.0949. The zero-order valence-corrected chi connectivity index (χ0v) is 15.8. The van der Waals surface area contributed by atoms with Crippen molar-refractivity contribution >= 4 is 23.3 Å². The summed E-state index contributed by atoms with van der Waals surface area (Å²) in [6.45, 7) is 3.24. The number of hydrogen-bond donors (Lipinski definition) is 2. The summed E-state index contributed by atoms with van der Waals surface area (Å²) in [5.41, 5.74) is 3.79. The van der Waals surface area contributed by atoms with Crippen LogP contribution in [-0.2, 0) is 13.0 Å². The van der Waals surface area contributed by atoms with E-state index in [9.17, 15) is 4.79 Å². The maximum atomic E-state index is 12.2. The fourth-order valence-corrected chi connectivity index (χ4v) is 2.74. The molecule has 0 saturated heterocycles. The monoisotopic (exact) mass is 380 g/mol. The van der Waals surface area contributed by atoms with Crippen molar-refractivity contribution in [3.8, 4) is 0 Å². The number of carbonyl (C=O) groups is 1. The van der Waals surface area contributed by atoms with Crippen LogP contribution in [-0.4, -0.2) is 22.4 Å². The van der Waals surface area contributed by atoms with Crippen molar-refractivity contribution in [2.24, 2.45) is 0 Å². The van der Waals surface area contributed by atoms with Crippen molar-refractivity contribution in [2.75, 3.05) is 11.9 Å². The molecule has 138 valence electrons. The van der Waals surface area contributed by atoms with Gasteiger partial charge in [0.05, 0.1) is 12.4 Å². The van der Waals surface area contributed by atoms with Crippen molar-refractivity contribution < 1.29 is 4.79 Å². The Kier molecular flexibility index (Phi) is 6.39. The topological polar surface area (TPSA) is 66.9 Å². The molecule has 6 heteroatoms. The van der Waals surface area contributed by atoms with Gasteiger partial charge in [0.15, 0.2) is 0 Å². The Balaban J connectivity index is 1.47. The summed E-state index contributed by atoms with van der Waals surface area (Å²) in [5, 5.41) is 6.76. The van der Waals surface area contributed by atoms with Gasteiger partial charge in [-0.25, -0.2) is 9.97 Å². The van der Waals surface area contributed by atoms with Gasteiger partial charge >= 0.3 is 0 Å². The zero-order valence-electron chi connectivity index (χ0n) is 15.1. The van der Waals surface area contributed by atoms with Crippen LogP contribution in [0.4, 0.5) is 5.82 Å². The molecule has 0 radical (unpaired) electrons. The summed E-state index contributed by atoms with van der Waals surface area (Å²) in [4.78, 5) is 20.6. The first-order chi connectivity index (χ1) is 13.1. The highest BCUT2D eigenvalue weighted by Gasteiger charge is 2.07. The molecule has 3 rings (SSSR count). The highest BCUT2D eigenvalue weighted by atomic mass is 35.5. The second-order valence-corrected chi connectivity index (χ2v) is 6.70. The molecule has 1 heterocycles. The van der Waals surface area contributed by atoms with Crippen molar-refractivity contribution in [2.45, 2.75) is 19.9 Å². The summed E-state index contributed by atoms with van der Waals surface area (Å²) in [5.74, 6) is 0.399. The molecule has 0 atom stereocenters. The number of amides is 1. The van der Waals surface area contributed by atoms with Gasteiger partial charge in [-0.2, -0.15) is 0 Å². The Bertz CT molecular complexity index is 895. The number of carbonyl (C=O) groups excluding carboxylic acids is 1. The van der Waals surface area contributed by atoms with Gasteiger partial charge in [-0.15, -0.1) is 0 Å². The number of nitrogens with zero attached hydrogens (tertiary/aromatic N) is 2. The van der Waals surface area contributed by atoms with Gasteiger partial charge in [0.1, 0.15) is 11.5 Å². The van der Waals surface area contributed by atoms with Gasteiger partial charge in [0.25, 0.3) is 5.91 Å². The van der Waals surface area contributed by atoms with Crippen LogP contribution in [0.3, 0.4) is 0 Å². The maximum Gasteiger partial charge on any atom is 0.271 e. The molecule has 1 amide bonds. The molecule has 0 aliphatic carbocycles. The fraction of sp³-hybridized carbons (Fsp3) is 0.190. The zero-order chi connectivity index (χ0) is 19.1. The Morgan fingerprint density at radius 2 is 1.85 bits per heavy atom. The molecule has 1 aromatic heterocycles. The second-order valence-electron chi connectivity index (χ2n) is 6.26. The number of aromatic nitrogens is 2. The minimum absolute atomic E-state index is 0.235. The van der Waals surface area contributed by atoms with Gasteiger partial charge in [-0.1, -0.05) is 53.6 Å². The normalized spacial score (nSPS) is 10.4. The highest BCUT2D eigenvalue weighted by molar-refractivity contribution is 6.30. The van der Waals surface area contributed by atoms with E-state index in [1.54, 1.807) is 6.20 Å². The van der Waals surface area contributed by atoms with Crippen LogP contribution < -0.4 is 10.6 Å². The van der Waals surface area contributed by atoms with E-state index in [0.717, 1.165) is 12.0 Å². The van der Waals surface area contributed by atoms with Crippen LogP contribution in [0.15, 0.2) is 60.9 Å². The molecule has 0 unspecified atom stereocenters. The summed E-state index contributed by atoms with van der Waals surface area (Å²) >= 11 is 5.86. The smallest absolute Gasteiger partial charge is 0.271 e. The third-order valence-corrected chi connectivity index (χ3v) is 4.31. The van der Waals surface area contributed by atoms with E-state index in [1.807, 2.05) is 30.3 Å². The molecular weight excluding hydrogens is 360 g/mol. The first kappa shape index (κ1) is 18.9. The third kappa shape index (κ3) is 5.79. The van der Waals surface area contributed by atoms with Crippen LogP contribution >= 0.6 is 11.6 Å². The molecule has 0 fully saturated rings. The third-order valence-electron chi connectivity index (χ3n) is 4.05. The van der Waals surface area contributed by atoms with Crippen molar-refractivity contribution in [3.63, 3.8) is 0 Å². The average Bonchev–Trinajstić information content (AvgIpc) is 2.68. The number of anilines is 1. The van der Waals surface area contributed by atoms with Crippen molar-refractivity contribution in [3.05, 3.63) is 88.3 Å². The molecule has 0 aliphatic rings. The quantitative estimate of drug-likeness (QED) is 0.649. The molecule has 0 aliphatic heterocycles. The van der Waals surface area contributed by atoms with Gasteiger partial charge in [0.2, 0.25) is 0 Å². The number of hydrogen-bond acceptors (Lipinski definition) is 4. The lowest BCUT2D eigenvalue weighted by Crippen LogP contribution is -2.26. The van der Waals surface area contributed by atoms with Crippen LogP contribution in [0.25, 0.3) is 0 Å². The predicted molar refractivity (Wildman–Crippen MR) is 108 cm³/mol. The summed E-state index contributed by atoms with van der Waals surface area (Å²) in [6.07, 6.45) is 3.78. The van der Waals surface area contributed by atoms with E-state index >= 15 is 0 Å². The molecule has 3 aromatic rings. The number of halogens is 1. The van der Waals surface area contributed by atoms with E-state index in [1.165, 1.54) is 17.3 Å². The molecule has 2 aromatic carbocycles. The van der Waals surface area contributed by atoms with Gasteiger partial charge < -0.3 is 10.6 Å². The molecule has 5 nitrogen and oxygen atoms in total. The summed E-state index contributed by atoms with van der Waals surface area (Å²) < 4.78 is 0. The second kappa shape index (κ2) is 9.14. The number of aryl methyl sites for hydroxylation is 1. The lowest BCUT2D eigenvalue weighted by Gasteiger charge is -2.08. The molecule has 27 heavy (non-hydrogen) atoms. The number of rotatable bonds is 7. The maximum absolute atomic E-state index is 12.2. The van der Waals surface area contributed by atoms with Gasteiger partial charge in [-0.3, -0.25) is 4.79 Å². The summed E-state index contributed by atoms with van der Waals surface area (Å²) in [6, 6.07) is 15.8. The Morgan fingerprint density at radius 3 is 2.56 bits per heavy atom. The Hall–Kier alpha value is -2.92.